The molecule has 0 radical (unpaired) electrons. The van der Waals surface area contributed by atoms with Crippen LogP contribution < -0.4 is 5.73 Å². The number of hydrogen-bond donors (Lipinski definition) is 1. The van der Waals surface area contributed by atoms with E-state index >= 15 is 0 Å². The van der Waals surface area contributed by atoms with Crippen molar-refractivity contribution in [2.24, 2.45) is 5.73 Å². The quantitative estimate of drug-likeness (QED) is 0.800. The predicted octanol–water partition coefficient (Wildman–Crippen LogP) is 5.55. The van der Waals surface area contributed by atoms with Crippen molar-refractivity contribution in [2.75, 3.05) is 0 Å². The normalized spacial score (nSPS) is 12.4. The maximum Gasteiger partial charge on any atom is 0.0546 e. The second-order valence-electron chi connectivity index (χ2n) is 4.23. The lowest BCUT2D eigenvalue weighted by atomic mass is 10.1. The molecule has 0 bridgehead atoms. The van der Waals surface area contributed by atoms with E-state index in [0.29, 0.717) is 10.0 Å². The van der Waals surface area contributed by atoms with Gasteiger partial charge in [0.25, 0.3) is 0 Å². The van der Waals surface area contributed by atoms with Crippen molar-refractivity contribution in [3.63, 3.8) is 0 Å². The summed E-state index contributed by atoms with van der Waals surface area (Å²) in [5, 5.41) is 1.39. The highest BCUT2D eigenvalue weighted by Gasteiger charge is 2.11. The Labute approximate surface area is 128 Å². The van der Waals surface area contributed by atoms with Gasteiger partial charge in [-0.25, -0.2) is 0 Å². The minimum absolute atomic E-state index is 0.0432. The van der Waals surface area contributed by atoms with Gasteiger partial charge in [0.05, 0.1) is 5.02 Å². The van der Waals surface area contributed by atoms with Gasteiger partial charge >= 0.3 is 0 Å². The van der Waals surface area contributed by atoms with Gasteiger partial charge in [-0.2, -0.15) is 0 Å². The van der Waals surface area contributed by atoms with E-state index in [1.807, 2.05) is 24.3 Å². The summed E-state index contributed by atoms with van der Waals surface area (Å²) in [4.78, 5) is 2.07. The Bertz CT molecular complexity index is 572. The first-order valence-electron chi connectivity index (χ1n) is 6.09. The summed E-state index contributed by atoms with van der Waals surface area (Å²) in [6.45, 7) is 2.08. The number of halogens is 2. The summed E-state index contributed by atoms with van der Waals surface area (Å²) in [6, 6.07) is 13.7. The largest absolute Gasteiger partial charge is 0.324 e. The third kappa shape index (κ3) is 3.67. The van der Waals surface area contributed by atoms with E-state index in [-0.39, 0.29) is 6.04 Å². The molecule has 4 heteroatoms. The third-order valence-electron chi connectivity index (χ3n) is 2.87. The van der Waals surface area contributed by atoms with E-state index in [0.717, 1.165) is 21.8 Å². The molecule has 1 atom stereocenters. The molecule has 0 amide bonds. The topological polar surface area (TPSA) is 26.0 Å². The average molecular weight is 312 g/mol. The minimum Gasteiger partial charge on any atom is -0.324 e. The molecule has 0 aliphatic heterocycles. The molecule has 19 heavy (non-hydrogen) atoms. The van der Waals surface area contributed by atoms with Crippen LogP contribution in [-0.2, 0) is 0 Å². The molecule has 0 fully saturated rings. The summed E-state index contributed by atoms with van der Waals surface area (Å²) >= 11 is 13.8. The molecule has 2 aromatic rings. The van der Waals surface area contributed by atoms with E-state index < -0.39 is 0 Å². The van der Waals surface area contributed by atoms with Crippen LogP contribution in [0.2, 0.25) is 10.0 Å². The van der Waals surface area contributed by atoms with Crippen LogP contribution in [0.1, 0.15) is 24.9 Å². The Morgan fingerprint density at radius 3 is 2.58 bits per heavy atom. The van der Waals surface area contributed by atoms with Crippen LogP contribution in [0.15, 0.2) is 52.3 Å². The molecule has 0 heterocycles. The van der Waals surface area contributed by atoms with E-state index in [9.17, 15) is 0 Å². The van der Waals surface area contributed by atoms with Crippen LogP contribution in [0.4, 0.5) is 0 Å². The molecule has 0 spiro atoms. The zero-order valence-electron chi connectivity index (χ0n) is 10.6. The molecule has 0 unspecified atom stereocenters. The Morgan fingerprint density at radius 1 is 1.11 bits per heavy atom. The van der Waals surface area contributed by atoms with Crippen LogP contribution in [-0.4, -0.2) is 0 Å². The van der Waals surface area contributed by atoms with Gasteiger partial charge in [0.2, 0.25) is 0 Å². The SMILES string of the molecule is CC[C@@H](N)c1ccccc1Sc1cc(Cl)ccc1Cl. The lowest BCUT2D eigenvalue weighted by Gasteiger charge is -2.15. The van der Waals surface area contributed by atoms with Gasteiger partial charge < -0.3 is 5.73 Å². The minimum atomic E-state index is 0.0432. The molecule has 2 N–H and O–H groups in total. The molecular formula is C15H15Cl2NS. The summed E-state index contributed by atoms with van der Waals surface area (Å²) in [7, 11) is 0. The van der Waals surface area contributed by atoms with E-state index in [1.165, 1.54) is 0 Å². The van der Waals surface area contributed by atoms with Crippen molar-refractivity contribution in [3.05, 3.63) is 58.1 Å². The van der Waals surface area contributed by atoms with Crippen molar-refractivity contribution < 1.29 is 0 Å². The van der Waals surface area contributed by atoms with Gasteiger partial charge in [-0.15, -0.1) is 0 Å². The zero-order chi connectivity index (χ0) is 13.8. The molecule has 0 aromatic heterocycles. The first kappa shape index (κ1) is 14.7. The Balaban J connectivity index is 2.35. The summed E-state index contributed by atoms with van der Waals surface area (Å²) < 4.78 is 0. The highest BCUT2D eigenvalue weighted by atomic mass is 35.5. The fraction of sp³-hybridized carbons (Fsp3) is 0.200. The highest BCUT2D eigenvalue weighted by Crippen LogP contribution is 2.38. The first-order chi connectivity index (χ1) is 9.11. The molecule has 0 saturated carbocycles. The van der Waals surface area contributed by atoms with Crippen molar-refractivity contribution in [1.82, 2.24) is 0 Å². The third-order valence-corrected chi connectivity index (χ3v) is 4.70. The molecule has 2 aromatic carbocycles. The van der Waals surface area contributed by atoms with Crippen LogP contribution in [0.25, 0.3) is 0 Å². The first-order valence-corrected chi connectivity index (χ1v) is 7.66. The maximum atomic E-state index is 6.20. The highest BCUT2D eigenvalue weighted by molar-refractivity contribution is 7.99. The fourth-order valence-electron chi connectivity index (χ4n) is 1.77. The van der Waals surface area contributed by atoms with Crippen LogP contribution >= 0.6 is 35.0 Å². The van der Waals surface area contributed by atoms with Gasteiger partial charge in [0.15, 0.2) is 0 Å². The monoisotopic (exact) mass is 311 g/mol. The molecule has 1 nitrogen and oxygen atoms in total. The Kier molecular flexibility index (Phi) is 5.17. The fourth-order valence-corrected chi connectivity index (χ4v) is 3.32. The van der Waals surface area contributed by atoms with Gasteiger partial charge in [-0.1, -0.05) is 60.1 Å². The number of hydrogen-bond acceptors (Lipinski definition) is 2. The number of benzene rings is 2. The lowest BCUT2D eigenvalue weighted by molar-refractivity contribution is 0.685. The summed E-state index contributed by atoms with van der Waals surface area (Å²) in [6.07, 6.45) is 0.904. The zero-order valence-corrected chi connectivity index (χ0v) is 12.9. The Hall–Kier alpha value is -0.670. The lowest BCUT2D eigenvalue weighted by Crippen LogP contribution is -2.09. The standard InChI is InChI=1S/C15H15Cl2NS/c1-2-13(18)11-5-3-4-6-14(11)19-15-9-10(16)7-8-12(15)17/h3-9,13H,2,18H2,1H3/t13-/m1/s1. The molecule has 0 aliphatic rings. The van der Waals surface area contributed by atoms with E-state index in [1.54, 1.807) is 17.8 Å². The van der Waals surface area contributed by atoms with Gasteiger partial charge in [-0.3, -0.25) is 0 Å². The van der Waals surface area contributed by atoms with Crippen LogP contribution in [0, 0.1) is 0 Å². The van der Waals surface area contributed by atoms with Gasteiger partial charge in [0.1, 0.15) is 0 Å². The Morgan fingerprint density at radius 2 is 1.84 bits per heavy atom. The maximum absolute atomic E-state index is 6.20. The number of rotatable bonds is 4. The molecular weight excluding hydrogens is 297 g/mol. The van der Waals surface area contributed by atoms with Crippen molar-refractivity contribution >= 4 is 35.0 Å². The molecule has 2 rings (SSSR count). The van der Waals surface area contributed by atoms with E-state index in [4.69, 9.17) is 28.9 Å². The number of nitrogens with two attached hydrogens (primary N) is 1. The van der Waals surface area contributed by atoms with Crippen molar-refractivity contribution in [3.8, 4) is 0 Å². The average Bonchev–Trinajstić information content (AvgIpc) is 2.42. The van der Waals surface area contributed by atoms with E-state index in [2.05, 4.69) is 19.1 Å². The van der Waals surface area contributed by atoms with Crippen molar-refractivity contribution in [1.29, 1.82) is 0 Å². The van der Waals surface area contributed by atoms with Crippen molar-refractivity contribution in [2.45, 2.75) is 29.2 Å². The smallest absolute Gasteiger partial charge is 0.0546 e. The molecule has 0 aliphatic carbocycles. The molecule has 100 valence electrons. The van der Waals surface area contributed by atoms with Crippen LogP contribution in [0.3, 0.4) is 0 Å². The second-order valence-corrected chi connectivity index (χ2v) is 6.16. The summed E-state index contributed by atoms with van der Waals surface area (Å²) in [5.74, 6) is 0. The van der Waals surface area contributed by atoms with Crippen LogP contribution in [0.5, 0.6) is 0 Å². The molecule has 0 saturated heterocycles. The second kappa shape index (κ2) is 6.67. The summed E-state index contributed by atoms with van der Waals surface area (Å²) in [5.41, 5.74) is 7.29. The van der Waals surface area contributed by atoms with Gasteiger partial charge in [-0.05, 0) is 36.2 Å². The predicted molar refractivity (Wildman–Crippen MR) is 84.2 cm³/mol. The van der Waals surface area contributed by atoms with Gasteiger partial charge in [0, 0.05) is 20.9 Å².